The summed E-state index contributed by atoms with van der Waals surface area (Å²) in [6.07, 6.45) is 5.53. The third-order valence-electron chi connectivity index (χ3n) is 7.36. The molecule has 1 saturated heterocycles. The van der Waals surface area contributed by atoms with Crippen molar-refractivity contribution in [1.29, 1.82) is 0 Å². The van der Waals surface area contributed by atoms with Crippen molar-refractivity contribution in [2.24, 2.45) is 5.92 Å². The van der Waals surface area contributed by atoms with E-state index in [1.807, 2.05) is 74.0 Å². The number of aromatic nitrogens is 2. The average Bonchev–Trinajstić information content (AvgIpc) is 3.61. The molecule has 0 unspecified atom stereocenters. The Labute approximate surface area is 217 Å². The highest BCUT2D eigenvalue weighted by Crippen LogP contribution is 2.40. The summed E-state index contributed by atoms with van der Waals surface area (Å²) in [7, 11) is 0. The number of imidazole rings is 1. The average molecular weight is 494 g/mol. The molecule has 1 aromatic heterocycles. The predicted molar refractivity (Wildman–Crippen MR) is 142 cm³/mol. The van der Waals surface area contributed by atoms with E-state index in [9.17, 15) is 14.7 Å². The number of benzene rings is 3. The van der Waals surface area contributed by atoms with E-state index < -0.39 is 17.6 Å². The molecule has 0 spiro atoms. The molecule has 2 heterocycles. The van der Waals surface area contributed by atoms with Gasteiger partial charge in [-0.3, -0.25) is 4.79 Å². The first-order valence-electron chi connectivity index (χ1n) is 12.7. The van der Waals surface area contributed by atoms with Crippen LogP contribution in [0.15, 0.2) is 104 Å². The monoisotopic (exact) mass is 493 g/mol. The molecule has 0 bridgehead atoms. The van der Waals surface area contributed by atoms with Crippen LogP contribution in [-0.2, 0) is 21.5 Å². The van der Waals surface area contributed by atoms with Crippen LogP contribution in [-0.4, -0.2) is 44.0 Å². The van der Waals surface area contributed by atoms with Crippen molar-refractivity contribution in [3.05, 3.63) is 126 Å². The second kappa shape index (κ2) is 10.4. The number of carbonyl (C=O) groups is 2. The zero-order chi connectivity index (χ0) is 25.8. The van der Waals surface area contributed by atoms with Gasteiger partial charge in [0.25, 0.3) is 0 Å². The lowest BCUT2D eigenvalue weighted by atomic mass is 9.77. The summed E-state index contributed by atoms with van der Waals surface area (Å²) >= 11 is 0. The fourth-order valence-electron chi connectivity index (χ4n) is 5.61. The second-order valence-electron chi connectivity index (χ2n) is 9.71. The van der Waals surface area contributed by atoms with Gasteiger partial charge in [0.2, 0.25) is 5.91 Å². The summed E-state index contributed by atoms with van der Waals surface area (Å²) < 4.78 is 2.13. The quantitative estimate of drug-likeness (QED) is 0.352. The highest BCUT2D eigenvalue weighted by molar-refractivity contribution is 5.85. The lowest BCUT2D eigenvalue weighted by Crippen LogP contribution is -2.43. The molecule has 0 aliphatic carbocycles. The van der Waals surface area contributed by atoms with Gasteiger partial charge in [0, 0.05) is 25.1 Å². The SMILES string of the molecule is C[C@@H](Cc1cn(C(c2ccccc2)(c2ccccc2)c2ccccc2)cn1)C(=O)N1CCC[C@H]1C(=O)O. The lowest BCUT2D eigenvalue weighted by Gasteiger charge is -2.37. The van der Waals surface area contributed by atoms with Crippen molar-refractivity contribution in [3.8, 4) is 0 Å². The van der Waals surface area contributed by atoms with Crippen LogP contribution in [0, 0.1) is 5.92 Å². The first kappa shape index (κ1) is 24.5. The third kappa shape index (κ3) is 4.55. The van der Waals surface area contributed by atoms with Crippen LogP contribution in [0.5, 0.6) is 0 Å². The van der Waals surface area contributed by atoms with Crippen molar-refractivity contribution in [2.45, 2.75) is 37.8 Å². The molecule has 188 valence electrons. The molecule has 6 heteroatoms. The Balaban J connectivity index is 1.55. The molecule has 1 aliphatic heterocycles. The smallest absolute Gasteiger partial charge is 0.326 e. The zero-order valence-electron chi connectivity index (χ0n) is 20.9. The van der Waals surface area contributed by atoms with E-state index >= 15 is 0 Å². The summed E-state index contributed by atoms with van der Waals surface area (Å²) in [6.45, 7) is 2.35. The summed E-state index contributed by atoms with van der Waals surface area (Å²) in [5.41, 5.74) is 3.43. The van der Waals surface area contributed by atoms with Gasteiger partial charge in [-0.15, -0.1) is 0 Å². The molecule has 1 fully saturated rings. The summed E-state index contributed by atoms with van der Waals surface area (Å²) in [6, 6.07) is 30.4. The molecule has 1 N–H and O–H groups in total. The molecule has 4 aromatic rings. The first-order chi connectivity index (χ1) is 18.0. The van der Waals surface area contributed by atoms with Crippen molar-refractivity contribution < 1.29 is 14.7 Å². The van der Waals surface area contributed by atoms with Crippen molar-refractivity contribution in [1.82, 2.24) is 14.5 Å². The van der Waals surface area contributed by atoms with E-state index in [0.717, 1.165) is 28.8 Å². The van der Waals surface area contributed by atoms with Crippen LogP contribution >= 0.6 is 0 Å². The second-order valence-corrected chi connectivity index (χ2v) is 9.71. The zero-order valence-corrected chi connectivity index (χ0v) is 20.9. The maximum atomic E-state index is 13.2. The fourth-order valence-corrected chi connectivity index (χ4v) is 5.61. The third-order valence-corrected chi connectivity index (χ3v) is 7.36. The number of carbonyl (C=O) groups excluding carboxylic acids is 1. The van der Waals surface area contributed by atoms with Gasteiger partial charge in [-0.05, 0) is 29.5 Å². The molecule has 37 heavy (non-hydrogen) atoms. The summed E-state index contributed by atoms with van der Waals surface area (Å²) in [5.74, 6) is -1.43. The van der Waals surface area contributed by atoms with Crippen LogP contribution < -0.4 is 0 Å². The van der Waals surface area contributed by atoms with E-state index in [0.29, 0.717) is 19.4 Å². The number of likely N-dealkylation sites (tertiary alicyclic amines) is 1. The number of amides is 1. The molecule has 1 amide bonds. The van der Waals surface area contributed by atoms with Crippen molar-refractivity contribution in [2.75, 3.05) is 6.54 Å². The Kier molecular flexibility index (Phi) is 6.91. The summed E-state index contributed by atoms with van der Waals surface area (Å²) in [4.78, 5) is 31.0. The van der Waals surface area contributed by atoms with Gasteiger partial charge in [0.15, 0.2) is 0 Å². The van der Waals surface area contributed by atoms with Crippen LogP contribution in [0.4, 0.5) is 0 Å². The Morgan fingerprint density at radius 3 is 1.92 bits per heavy atom. The molecule has 5 rings (SSSR count). The number of carboxylic acid groups (broad SMARTS) is 1. The lowest BCUT2D eigenvalue weighted by molar-refractivity contribution is -0.149. The first-order valence-corrected chi connectivity index (χ1v) is 12.7. The maximum absolute atomic E-state index is 13.2. The predicted octanol–water partition coefficient (Wildman–Crippen LogP) is 4.98. The Morgan fingerprint density at radius 2 is 1.43 bits per heavy atom. The van der Waals surface area contributed by atoms with E-state index in [1.165, 1.54) is 4.90 Å². The van der Waals surface area contributed by atoms with Crippen molar-refractivity contribution in [3.63, 3.8) is 0 Å². The van der Waals surface area contributed by atoms with Gasteiger partial charge in [-0.2, -0.15) is 0 Å². The van der Waals surface area contributed by atoms with Crippen LogP contribution in [0.1, 0.15) is 42.1 Å². The van der Waals surface area contributed by atoms with Gasteiger partial charge < -0.3 is 14.6 Å². The van der Waals surface area contributed by atoms with Gasteiger partial charge in [-0.25, -0.2) is 9.78 Å². The number of hydrogen-bond acceptors (Lipinski definition) is 3. The molecular weight excluding hydrogens is 462 g/mol. The minimum absolute atomic E-state index is 0.125. The number of rotatable bonds is 8. The molecule has 6 nitrogen and oxygen atoms in total. The minimum Gasteiger partial charge on any atom is -0.480 e. The molecule has 3 aromatic carbocycles. The maximum Gasteiger partial charge on any atom is 0.326 e. The highest BCUT2D eigenvalue weighted by atomic mass is 16.4. The molecule has 2 atom stereocenters. The Morgan fingerprint density at radius 1 is 0.919 bits per heavy atom. The topological polar surface area (TPSA) is 75.4 Å². The largest absolute Gasteiger partial charge is 0.480 e. The van der Waals surface area contributed by atoms with Gasteiger partial charge in [-0.1, -0.05) is 97.9 Å². The van der Waals surface area contributed by atoms with Gasteiger partial charge in [0.1, 0.15) is 11.6 Å². The Hall–Kier alpha value is -4.19. The van der Waals surface area contributed by atoms with E-state index in [2.05, 4.69) is 41.0 Å². The van der Waals surface area contributed by atoms with E-state index in [-0.39, 0.29) is 11.8 Å². The number of carboxylic acids is 1. The summed E-state index contributed by atoms with van der Waals surface area (Å²) in [5, 5.41) is 9.51. The fraction of sp³-hybridized carbons (Fsp3) is 0.258. The Bertz CT molecular complexity index is 1260. The molecule has 1 aliphatic rings. The van der Waals surface area contributed by atoms with E-state index in [1.54, 1.807) is 0 Å². The molecule has 0 radical (unpaired) electrons. The minimum atomic E-state index is -0.930. The van der Waals surface area contributed by atoms with Gasteiger partial charge >= 0.3 is 5.97 Å². The molecule has 0 saturated carbocycles. The molecular formula is C31H31N3O3. The van der Waals surface area contributed by atoms with E-state index in [4.69, 9.17) is 4.98 Å². The normalized spacial score (nSPS) is 16.5. The highest BCUT2D eigenvalue weighted by Gasteiger charge is 2.39. The number of aliphatic carboxylic acids is 1. The van der Waals surface area contributed by atoms with Crippen LogP contribution in [0.2, 0.25) is 0 Å². The van der Waals surface area contributed by atoms with Crippen LogP contribution in [0.25, 0.3) is 0 Å². The standard InChI is InChI=1S/C31H31N3O3/c1-23(29(35)34-19-11-18-28(34)30(36)37)20-27-21-33(22-32-27)31(24-12-5-2-6-13-24,25-14-7-3-8-15-25)26-16-9-4-10-17-26/h2-10,12-17,21-23,28H,11,18-20H2,1H3,(H,36,37)/t23-,28-/m0/s1. The van der Waals surface area contributed by atoms with Gasteiger partial charge in [0.05, 0.1) is 12.0 Å². The van der Waals surface area contributed by atoms with Crippen molar-refractivity contribution >= 4 is 11.9 Å². The van der Waals surface area contributed by atoms with Crippen LogP contribution in [0.3, 0.4) is 0 Å². The number of hydrogen-bond donors (Lipinski definition) is 1. The number of nitrogens with zero attached hydrogens (tertiary/aromatic N) is 3.